The fourth-order valence-electron chi connectivity index (χ4n) is 7.03. The normalized spacial score (nSPS) is 23.6. The van der Waals surface area contributed by atoms with E-state index in [0.717, 1.165) is 22.1 Å². The number of likely N-dealkylation sites (tertiary alicyclic amines) is 1. The molecule has 2 aromatic rings. The van der Waals surface area contributed by atoms with Crippen LogP contribution in [0.5, 0.6) is 0 Å². The van der Waals surface area contributed by atoms with Gasteiger partial charge in [-0.3, -0.25) is 24.0 Å². The van der Waals surface area contributed by atoms with Crippen LogP contribution in [0.3, 0.4) is 0 Å². The zero-order chi connectivity index (χ0) is 40.2. The summed E-state index contributed by atoms with van der Waals surface area (Å²) in [6.07, 6.45) is -3.94. The molecule has 12 nitrogen and oxygen atoms in total. The van der Waals surface area contributed by atoms with Crippen molar-refractivity contribution in [1.29, 1.82) is 0 Å². The van der Waals surface area contributed by atoms with E-state index in [9.17, 15) is 45.2 Å². The molecular formula is C37H42ClF4N5O7S. The van der Waals surface area contributed by atoms with E-state index >= 15 is 0 Å². The largest absolute Gasteiger partial charge is 0.444 e. The van der Waals surface area contributed by atoms with Crippen LogP contribution in [-0.2, 0) is 48.4 Å². The Morgan fingerprint density at radius 2 is 1.80 bits per heavy atom. The zero-order valence-corrected chi connectivity index (χ0v) is 32.1. The third-order valence-electron chi connectivity index (χ3n) is 10.2. The standard InChI is InChI=1S/C37H42ClF4N5O7S/c1-5-7-21-16-36(21,33(50)45-55(52,53)26-10-11-26)44-31(48)29-15-25(54-34(51)46-17-20-8-6-9-28(38)27(20)19-46)18-47(29)32(49)30(35(2,3)4)43-24-13-22(37(40,41)42)12-23(39)14-24/h6-9,12-14,25-26,29-30,43H,5,10-11,15-19H2,1-4H3,(H,44,48)(H,45,50)/b21-7+/t25-,29+,30-,36?/m1/s1. The SMILES string of the molecule is CC/C=C1\CC1(NC(=O)[C@@H]1C[C@@H](OC(=O)N2Cc3cccc(Cl)c3C2)CN1C(=O)[C@@H](Nc1cc(F)cc(C(F)(F)F)c1)C(C)(C)C)C(=O)NS(=O)(=O)C1CC1. The van der Waals surface area contributed by atoms with Crippen molar-refractivity contribution in [3.8, 4) is 0 Å². The van der Waals surface area contributed by atoms with Crippen molar-refractivity contribution < 1.29 is 49.9 Å². The Labute approximate surface area is 321 Å². The molecule has 55 heavy (non-hydrogen) atoms. The summed E-state index contributed by atoms with van der Waals surface area (Å²) in [5.74, 6) is -3.76. The summed E-state index contributed by atoms with van der Waals surface area (Å²) in [5, 5.41) is 5.18. The Bertz CT molecular complexity index is 2050. The molecule has 6 rings (SSSR count). The summed E-state index contributed by atoms with van der Waals surface area (Å²) >= 11 is 6.33. The number of hydrogen-bond donors (Lipinski definition) is 3. The number of halogens is 5. The van der Waals surface area contributed by atoms with E-state index < -0.39 is 85.8 Å². The Morgan fingerprint density at radius 3 is 2.42 bits per heavy atom. The molecule has 4 amide bonds. The van der Waals surface area contributed by atoms with E-state index in [1.807, 2.05) is 6.07 Å². The van der Waals surface area contributed by atoms with Crippen molar-refractivity contribution in [2.45, 2.75) is 108 Å². The highest BCUT2D eigenvalue weighted by atomic mass is 35.5. The second-order valence-corrected chi connectivity index (χ2v) is 17.9. The van der Waals surface area contributed by atoms with Crippen molar-refractivity contribution in [3.05, 3.63) is 75.6 Å². The fraction of sp³-hybridized carbons (Fsp3) is 0.514. The van der Waals surface area contributed by atoms with Crippen LogP contribution >= 0.6 is 11.6 Å². The maximum absolute atomic E-state index is 14.5. The molecule has 2 aliphatic carbocycles. The molecule has 1 saturated heterocycles. The van der Waals surface area contributed by atoms with Gasteiger partial charge in [0.2, 0.25) is 21.8 Å². The second-order valence-electron chi connectivity index (χ2n) is 15.5. The lowest BCUT2D eigenvalue weighted by Gasteiger charge is -2.36. The first-order valence-electron chi connectivity index (χ1n) is 17.9. The molecule has 3 N–H and O–H groups in total. The number of hydrogen-bond acceptors (Lipinski definition) is 8. The molecule has 0 aromatic heterocycles. The smallest absolute Gasteiger partial charge is 0.416 e. The number of allylic oxidation sites excluding steroid dienone is 1. The molecule has 0 bridgehead atoms. The van der Waals surface area contributed by atoms with Gasteiger partial charge in [0.15, 0.2) is 0 Å². The second kappa shape index (κ2) is 14.6. The van der Waals surface area contributed by atoms with Crippen LogP contribution in [-0.4, -0.2) is 77.6 Å². The Morgan fingerprint density at radius 1 is 1.09 bits per heavy atom. The van der Waals surface area contributed by atoms with Crippen LogP contribution < -0.4 is 15.4 Å². The number of rotatable bonds is 10. The van der Waals surface area contributed by atoms with E-state index in [1.54, 1.807) is 45.9 Å². The first-order chi connectivity index (χ1) is 25.6. The van der Waals surface area contributed by atoms with Gasteiger partial charge >= 0.3 is 12.3 Å². The molecule has 298 valence electrons. The number of ether oxygens (including phenoxy) is 1. The number of carbonyl (C=O) groups is 4. The fourth-order valence-corrected chi connectivity index (χ4v) is 8.64. The summed E-state index contributed by atoms with van der Waals surface area (Å²) in [4.78, 5) is 58.3. The Hall–Kier alpha value is -4.38. The van der Waals surface area contributed by atoms with Gasteiger partial charge in [0.25, 0.3) is 5.91 Å². The molecule has 0 spiro atoms. The number of carbonyl (C=O) groups excluding carboxylic acids is 4. The highest BCUT2D eigenvalue weighted by Gasteiger charge is 2.59. The minimum atomic E-state index is -4.88. The van der Waals surface area contributed by atoms with Crippen molar-refractivity contribution in [2.75, 3.05) is 11.9 Å². The molecule has 4 atom stereocenters. The molecule has 2 saturated carbocycles. The Kier molecular flexibility index (Phi) is 10.7. The Balaban J connectivity index is 1.28. The number of nitrogens with zero attached hydrogens (tertiary/aromatic N) is 2. The molecule has 2 aromatic carbocycles. The summed E-state index contributed by atoms with van der Waals surface area (Å²) in [7, 11) is -3.99. The van der Waals surface area contributed by atoms with Crippen LogP contribution in [0.2, 0.25) is 5.02 Å². The first-order valence-corrected chi connectivity index (χ1v) is 19.8. The molecule has 2 heterocycles. The number of sulfonamides is 1. The van der Waals surface area contributed by atoms with Gasteiger partial charge in [-0.05, 0) is 65.6 Å². The average molecular weight is 812 g/mol. The lowest BCUT2D eigenvalue weighted by atomic mass is 9.85. The van der Waals surface area contributed by atoms with E-state index in [0.29, 0.717) is 42.0 Å². The summed E-state index contributed by atoms with van der Waals surface area (Å²) in [6.45, 7) is 6.71. The third-order valence-corrected chi connectivity index (χ3v) is 12.4. The molecule has 2 aliphatic heterocycles. The number of anilines is 1. The van der Waals surface area contributed by atoms with Crippen LogP contribution in [0, 0.1) is 11.2 Å². The molecular weight excluding hydrogens is 770 g/mol. The van der Waals surface area contributed by atoms with E-state index in [2.05, 4.69) is 15.4 Å². The van der Waals surface area contributed by atoms with Gasteiger partial charge in [-0.2, -0.15) is 13.2 Å². The quantitative estimate of drug-likeness (QED) is 0.206. The molecule has 18 heteroatoms. The number of nitrogens with one attached hydrogen (secondary N) is 3. The summed E-state index contributed by atoms with van der Waals surface area (Å²) in [5.41, 5.74) is -2.32. The monoisotopic (exact) mass is 811 g/mol. The van der Waals surface area contributed by atoms with E-state index in [4.69, 9.17) is 16.3 Å². The minimum absolute atomic E-state index is 0.0169. The van der Waals surface area contributed by atoms with Crippen LogP contribution in [0.4, 0.5) is 28.0 Å². The minimum Gasteiger partial charge on any atom is -0.444 e. The predicted octanol–water partition coefficient (Wildman–Crippen LogP) is 5.65. The van der Waals surface area contributed by atoms with Gasteiger partial charge in [-0.1, -0.05) is 57.5 Å². The van der Waals surface area contributed by atoms with Gasteiger partial charge in [-0.25, -0.2) is 17.6 Å². The van der Waals surface area contributed by atoms with Crippen LogP contribution in [0.15, 0.2) is 48.0 Å². The topological polar surface area (TPSA) is 154 Å². The average Bonchev–Trinajstić information content (AvgIpc) is 3.96. The summed E-state index contributed by atoms with van der Waals surface area (Å²) in [6, 6.07) is 4.36. The highest BCUT2D eigenvalue weighted by molar-refractivity contribution is 7.91. The van der Waals surface area contributed by atoms with Crippen LogP contribution in [0.25, 0.3) is 0 Å². The third kappa shape index (κ3) is 8.56. The van der Waals surface area contributed by atoms with Crippen molar-refractivity contribution in [1.82, 2.24) is 19.8 Å². The van der Waals surface area contributed by atoms with Crippen molar-refractivity contribution in [3.63, 3.8) is 0 Å². The number of fused-ring (bicyclic) bond motifs is 1. The van der Waals surface area contributed by atoms with Gasteiger partial charge < -0.3 is 20.3 Å². The van der Waals surface area contributed by atoms with Gasteiger partial charge in [0, 0.05) is 30.1 Å². The zero-order valence-electron chi connectivity index (χ0n) is 30.6. The number of alkyl halides is 3. The van der Waals surface area contributed by atoms with Gasteiger partial charge in [0.1, 0.15) is 29.5 Å². The number of amides is 4. The maximum atomic E-state index is 14.5. The maximum Gasteiger partial charge on any atom is 0.416 e. The molecule has 0 radical (unpaired) electrons. The van der Waals surface area contributed by atoms with Crippen molar-refractivity contribution in [2.24, 2.45) is 5.41 Å². The lowest BCUT2D eigenvalue weighted by Crippen LogP contribution is -2.58. The number of benzene rings is 2. The highest BCUT2D eigenvalue weighted by Crippen LogP contribution is 2.45. The van der Waals surface area contributed by atoms with E-state index in [-0.39, 0.29) is 38.2 Å². The van der Waals surface area contributed by atoms with Gasteiger partial charge in [0.05, 0.1) is 23.9 Å². The predicted molar refractivity (Wildman–Crippen MR) is 193 cm³/mol. The van der Waals surface area contributed by atoms with Crippen LogP contribution in [0.1, 0.15) is 76.5 Å². The molecule has 3 fully saturated rings. The summed E-state index contributed by atoms with van der Waals surface area (Å²) < 4.78 is 88.6. The lowest BCUT2D eigenvalue weighted by molar-refractivity contribution is -0.141. The van der Waals surface area contributed by atoms with Crippen molar-refractivity contribution >= 4 is 51.1 Å². The molecule has 1 unspecified atom stereocenters. The van der Waals surface area contributed by atoms with Gasteiger partial charge in [-0.15, -0.1) is 0 Å². The van der Waals surface area contributed by atoms with E-state index in [1.165, 1.54) is 4.90 Å². The molecule has 4 aliphatic rings. The first kappa shape index (κ1) is 40.3.